The van der Waals surface area contributed by atoms with E-state index in [-0.39, 0.29) is 54.0 Å². The Labute approximate surface area is 487 Å². The molecule has 0 spiro atoms. The molecular weight excluding hydrogens is 1140 g/mol. The first-order chi connectivity index (χ1) is 39.4. The molecular formula is C61H70N4O14PS3+. The molecule has 83 heavy (non-hydrogen) atoms. The van der Waals surface area contributed by atoms with Crippen molar-refractivity contribution in [3.63, 3.8) is 0 Å². The third-order valence-corrected chi connectivity index (χ3v) is 19.7. The van der Waals surface area contributed by atoms with Crippen LogP contribution in [0.15, 0.2) is 173 Å². The second kappa shape index (κ2) is 27.6. The monoisotopic (exact) mass is 1210 g/mol. The predicted molar refractivity (Wildman–Crippen MR) is 323 cm³/mol. The van der Waals surface area contributed by atoms with Crippen molar-refractivity contribution in [1.29, 1.82) is 0 Å². The fraction of sp³-hybridized carbons (Fsp3) is 0.311. The molecule has 2 heterocycles. The van der Waals surface area contributed by atoms with Gasteiger partial charge in [0.25, 0.3) is 36.3 Å². The Kier molecular flexibility index (Phi) is 21.2. The molecule has 0 aliphatic carbocycles. The van der Waals surface area contributed by atoms with E-state index in [1.165, 1.54) is 31.4 Å². The van der Waals surface area contributed by atoms with E-state index in [4.69, 9.17) is 9.47 Å². The molecule has 1 atom stereocenters. The first-order valence-electron chi connectivity index (χ1n) is 26.9. The van der Waals surface area contributed by atoms with Crippen molar-refractivity contribution in [3.8, 4) is 0 Å². The second-order valence-electron chi connectivity index (χ2n) is 20.7. The fourth-order valence-corrected chi connectivity index (χ4v) is 14.5. The number of fused-ring (bicyclic) bond motifs is 2. The van der Waals surface area contributed by atoms with Crippen LogP contribution < -0.4 is 31.4 Å². The van der Waals surface area contributed by atoms with Gasteiger partial charge in [-0.2, -0.15) is 29.8 Å². The lowest BCUT2D eigenvalue weighted by molar-refractivity contribution is -0.441. The summed E-state index contributed by atoms with van der Waals surface area (Å²) in [5, 5.41) is 8.39. The molecule has 5 N–H and O–H groups in total. The molecule has 0 fully saturated rings. The minimum absolute atomic E-state index is 0.0243. The van der Waals surface area contributed by atoms with Crippen LogP contribution in [0, 0.1) is 0 Å². The number of esters is 1. The van der Waals surface area contributed by atoms with Crippen molar-refractivity contribution in [2.45, 2.75) is 79.9 Å². The van der Waals surface area contributed by atoms with Crippen LogP contribution in [0.5, 0.6) is 0 Å². The number of allylic oxidation sites excluding steroid dienone is 8. The van der Waals surface area contributed by atoms with Crippen molar-refractivity contribution in [3.05, 3.63) is 186 Å². The van der Waals surface area contributed by atoms with Gasteiger partial charge in [0.05, 0.1) is 33.6 Å². The average Bonchev–Trinajstić information content (AvgIpc) is 1.91. The number of hydrogen-bond donors (Lipinski definition) is 5. The lowest BCUT2D eigenvalue weighted by atomic mass is 9.77. The number of benzene rings is 5. The number of ether oxygens (including phenoxy) is 2. The normalized spacial score (nSPS) is 16.6. The molecule has 0 bridgehead atoms. The highest BCUT2D eigenvalue weighted by atomic mass is 32.2. The van der Waals surface area contributed by atoms with Gasteiger partial charge in [0.15, 0.2) is 12.3 Å². The smallest absolute Gasteiger partial charge is 0.338 e. The summed E-state index contributed by atoms with van der Waals surface area (Å²) in [7, 11) is -11.8. The fourth-order valence-electron chi connectivity index (χ4n) is 10.6. The highest BCUT2D eigenvalue weighted by Crippen LogP contribution is 2.51. The summed E-state index contributed by atoms with van der Waals surface area (Å²) in [5.74, 6) is -1.64. The van der Waals surface area contributed by atoms with Crippen LogP contribution in [0.4, 0.5) is 11.4 Å². The van der Waals surface area contributed by atoms with Crippen molar-refractivity contribution in [2.75, 3.05) is 57.7 Å². The summed E-state index contributed by atoms with van der Waals surface area (Å²) in [6.07, 6.45) is 14.9. The second-order valence-corrected chi connectivity index (χ2v) is 27.3. The summed E-state index contributed by atoms with van der Waals surface area (Å²) in [6, 6.07) is 33.3. The van der Waals surface area contributed by atoms with Gasteiger partial charge in [-0.25, -0.2) is 4.79 Å². The van der Waals surface area contributed by atoms with E-state index in [9.17, 15) is 53.3 Å². The van der Waals surface area contributed by atoms with E-state index < -0.39 is 60.8 Å². The third-order valence-electron chi connectivity index (χ3n) is 14.7. The summed E-state index contributed by atoms with van der Waals surface area (Å²) in [6.45, 7) is 7.38. The van der Waals surface area contributed by atoms with Gasteiger partial charge in [-0.15, -0.1) is 0 Å². The number of unbranched alkanes of at least 4 members (excludes halogenated alkanes) is 2. The van der Waals surface area contributed by atoms with E-state index >= 15 is 0 Å². The maximum absolute atomic E-state index is 13.6. The minimum atomic E-state index is -4.63. The van der Waals surface area contributed by atoms with Gasteiger partial charge < -0.3 is 25.0 Å². The molecule has 5 aromatic rings. The molecule has 0 saturated heterocycles. The van der Waals surface area contributed by atoms with Crippen LogP contribution >= 0.6 is 7.92 Å². The van der Waals surface area contributed by atoms with Crippen LogP contribution in [0.25, 0.3) is 0 Å². The maximum atomic E-state index is 13.6. The Morgan fingerprint density at radius 1 is 0.687 bits per heavy atom. The summed E-state index contributed by atoms with van der Waals surface area (Å²) in [5.41, 5.74) is 3.33. The van der Waals surface area contributed by atoms with Crippen molar-refractivity contribution >= 4 is 89.1 Å². The number of methoxy groups -OCH3 is 2. The van der Waals surface area contributed by atoms with Crippen molar-refractivity contribution in [1.82, 2.24) is 10.6 Å². The molecule has 5 aromatic carbocycles. The van der Waals surface area contributed by atoms with Gasteiger partial charge in [-0.05, 0) is 125 Å². The molecule has 22 heteroatoms. The molecule has 2 aliphatic rings. The quantitative estimate of drug-likeness (QED) is 0.00837. The molecule has 0 saturated carbocycles. The SMILES string of the molecule is COCC[N+]1=C(/C=C/C=C/C=C/C=C2/N(CCCCCC(=O)NCCNC(=O)c3ccc(C(=O)OC)c(P(c4ccccc4)c4ccccc4)c3)c3ccc(S(=O)(=O)O)cc3C2(C)CCCS(=O)(=O)O)C(C)(C)c2cc(S(=O)(=O)O)ccc21. The number of nitrogens with zero attached hydrogens (tertiary/aromatic N) is 2. The predicted octanol–water partition coefficient (Wildman–Crippen LogP) is 7.85. The number of amides is 2. The number of anilines is 1. The number of carbonyl (C=O) groups is 3. The minimum Gasteiger partial charge on any atom is -0.465 e. The summed E-state index contributed by atoms with van der Waals surface area (Å²) >= 11 is 0. The van der Waals surface area contributed by atoms with E-state index in [2.05, 4.69) is 10.6 Å². The highest BCUT2D eigenvalue weighted by Gasteiger charge is 2.46. The number of carbonyl (C=O) groups excluding carboxylic acids is 3. The standard InChI is InChI=1S/C61H69N4O14PS3/c1-60(2)50-42-47(82(72,73)74)29-32-52(50)65(38-39-78-4)55(60)25-16-7-6-8-17-26-56-61(3,34-20-40-81(69,70)71)51-43-48(83(75,76)77)30-33-53(51)64(56)37-19-11-18-27-57(66)62-35-36-63-58(67)44-28-31-49(59(68)79-5)54(41-44)80(45-21-12-9-13-22-45)46-23-14-10-15-24-46/h6-10,12-17,21-26,28-33,41-43H,11,18-20,27,34-40H2,1-5H3,(H4-,62,63,66,67,69,70,71,72,73,74,75,76,77)/p+1. The lowest BCUT2D eigenvalue weighted by Crippen LogP contribution is -2.35. The number of rotatable bonds is 27. The highest BCUT2D eigenvalue weighted by molar-refractivity contribution is 7.86. The van der Waals surface area contributed by atoms with E-state index in [1.807, 2.05) is 115 Å². The van der Waals surface area contributed by atoms with Gasteiger partial charge in [0, 0.05) is 78.5 Å². The first kappa shape index (κ1) is 63.6. The zero-order valence-corrected chi connectivity index (χ0v) is 50.2. The third kappa shape index (κ3) is 15.8. The van der Waals surface area contributed by atoms with Gasteiger partial charge >= 0.3 is 5.97 Å². The van der Waals surface area contributed by atoms with Gasteiger partial charge in [0.1, 0.15) is 6.61 Å². The van der Waals surface area contributed by atoms with Crippen molar-refractivity contribution < 1.29 is 67.3 Å². The van der Waals surface area contributed by atoms with Gasteiger partial charge in [0.2, 0.25) is 11.6 Å². The molecule has 0 aromatic heterocycles. The maximum Gasteiger partial charge on any atom is 0.338 e. The van der Waals surface area contributed by atoms with Gasteiger partial charge in [-0.3, -0.25) is 23.2 Å². The zero-order chi connectivity index (χ0) is 60.2. The molecule has 0 radical (unpaired) electrons. The molecule has 440 valence electrons. The van der Waals surface area contributed by atoms with Crippen LogP contribution in [0.2, 0.25) is 0 Å². The van der Waals surface area contributed by atoms with E-state index in [0.717, 1.165) is 27.6 Å². The molecule has 18 nitrogen and oxygen atoms in total. The first-order valence-corrected chi connectivity index (χ1v) is 32.7. The topological polar surface area (TPSA) is 263 Å². The Morgan fingerprint density at radius 2 is 1.30 bits per heavy atom. The van der Waals surface area contributed by atoms with Crippen LogP contribution in [-0.2, 0) is 55.5 Å². The largest absolute Gasteiger partial charge is 0.465 e. The van der Waals surface area contributed by atoms with Crippen molar-refractivity contribution in [2.24, 2.45) is 0 Å². The van der Waals surface area contributed by atoms with Crippen LogP contribution in [0.1, 0.15) is 91.1 Å². The average molecular weight is 1210 g/mol. The molecule has 2 aliphatic heterocycles. The van der Waals surface area contributed by atoms with Crippen LogP contribution in [0.3, 0.4) is 0 Å². The molecule has 2 amide bonds. The Bertz CT molecular complexity index is 3680. The Morgan fingerprint density at radius 3 is 1.93 bits per heavy atom. The van der Waals surface area contributed by atoms with E-state index in [1.54, 1.807) is 55.7 Å². The Hall–Kier alpha value is -6.94. The summed E-state index contributed by atoms with van der Waals surface area (Å²) < 4.78 is 115. The van der Waals surface area contributed by atoms with Crippen LogP contribution in [-0.4, -0.2) is 120 Å². The number of nitrogens with one attached hydrogen (secondary N) is 2. The molecule has 1 unspecified atom stereocenters. The number of hydrogen-bond acceptors (Lipinski definition) is 12. The summed E-state index contributed by atoms with van der Waals surface area (Å²) in [4.78, 5) is 41.1. The Balaban J connectivity index is 1.01. The molecule has 7 rings (SSSR count). The zero-order valence-electron chi connectivity index (χ0n) is 46.9. The van der Waals surface area contributed by atoms with E-state index in [0.29, 0.717) is 72.3 Å². The lowest BCUT2D eigenvalue weighted by Gasteiger charge is -2.30. The van der Waals surface area contributed by atoms with Gasteiger partial charge in [-0.1, -0.05) is 97.5 Å².